The second-order valence-corrected chi connectivity index (χ2v) is 4.32. The molecule has 0 saturated carbocycles. The first kappa shape index (κ1) is 13.0. The molecule has 0 spiro atoms. The zero-order chi connectivity index (χ0) is 13.7. The van der Waals surface area contributed by atoms with Crippen molar-refractivity contribution in [2.45, 2.75) is 13.3 Å². The molecule has 1 N–H and O–H groups in total. The van der Waals surface area contributed by atoms with E-state index in [0.29, 0.717) is 23.3 Å². The monoisotopic (exact) mass is 253 g/mol. The highest BCUT2D eigenvalue weighted by atomic mass is 16.4. The maximum absolute atomic E-state index is 12.3. The number of hydrogen-bond acceptors (Lipinski definition) is 3. The van der Waals surface area contributed by atoms with E-state index >= 15 is 0 Å². The number of nitrogens with zero attached hydrogens (tertiary/aromatic N) is 1. The molecule has 2 rings (SSSR count). The van der Waals surface area contributed by atoms with Gasteiger partial charge in [-0.25, -0.2) is 0 Å². The van der Waals surface area contributed by atoms with Gasteiger partial charge in [-0.2, -0.15) is 0 Å². The lowest BCUT2D eigenvalue weighted by Gasteiger charge is -2.07. The summed E-state index contributed by atoms with van der Waals surface area (Å²) >= 11 is 0. The topological polar surface area (TPSA) is 49.7 Å². The minimum atomic E-state index is 0.0183. The van der Waals surface area contributed by atoms with Crippen LogP contribution < -0.4 is 0 Å². The van der Waals surface area contributed by atoms with Crippen LogP contribution >= 0.6 is 0 Å². The van der Waals surface area contributed by atoms with E-state index in [-0.39, 0.29) is 5.78 Å². The smallest absolute Gasteiger partial charge is 0.167 e. The number of benzene rings is 2. The van der Waals surface area contributed by atoms with Crippen molar-refractivity contribution in [3.05, 3.63) is 71.3 Å². The van der Waals surface area contributed by atoms with Crippen molar-refractivity contribution in [2.24, 2.45) is 5.16 Å². The van der Waals surface area contributed by atoms with Crippen LogP contribution in [0.2, 0.25) is 0 Å². The maximum Gasteiger partial charge on any atom is 0.167 e. The molecule has 2 aromatic carbocycles. The number of Topliss-reactive ketones (excluding diaryl/α,β-unsaturated/α-hetero) is 1. The highest BCUT2D eigenvalue weighted by molar-refractivity contribution is 6.10. The Bertz CT molecular complexity index is 603. The highest BCUT2D eigenvalue weighted by Gasteiger charge is 2.13. The molecular formula is C16H15NO2. The molecule has 0 atom stereocenters. The van der Waals surface area contributed by atoms with Crippen molar-refractivity contribution < 1.29 is 10.0 Å². The summed E-state index contributed by atoms with van der Waals surface area (Å²) in [7, 11) is 0. The Morgan fingerprint density at radius 2 is 1.58 bits per heavy atom. The van der Waals surface area contributed by atoms with Crippen molar-refractivity contribution in [1.82, 2.24) is 0 Å². The molecule has 0 aliphatic heterocycles. The number of ketones is 1. The summed E-state index contributed by atoms with van der Waals surface area (Å²) in [5, 5.41) is 12.0. The fraction of sp³-hybridized carbons (Fsp3) is 0.125. The van der Waals surface area contributed by atoms with Gasteiger partial charge in [0.25, 0.3) is 0 Å². The molecule has 0 fully saturated rings. The SMILES string of the molecule is CC(=NO)c1ccccc1C(=O)Cc1ccccc1. The van der Waals surface area contributed by atoms with Crippen molar-refractivity contribution in [1.29, 1.82) is 0 Å². The summed E-state index contributed by atoms with van der Waals surface area (Å²) in [5.41, 5.74) is 2.67. The predicted molar refractivity (Wildman–Crippen MR) is 74.9 cm³/mol. The van der Waals surface area contributed by atoms with Crippen molar-refractivity contribution >= 4 is 11.5 Å². The molecule has 0 aromatic heterocycles. The molecule has 0 aliphatic rings. The van der Waals surface area contributed by atoms with Gasteiger partial charge < -0.3 is 5.21 Å². The predicted octanol–water partition coefficient (Wildman–Crippen LogP) is 3.31. The average molecular weight is 253 g/mol. The normalized spacial score (nSPS) is 11.3. The van der Waals surface area contributed by atoms with Gasteiger partial charge in [-0.15, -0.1) is 0 Å². The number of hydrogen-bond donors (Lipinski definition) is 1. The van der Waals surface area contributed by atoms with Gasteiger partial charge in [0.05, 0.1) is 5.71 Å². The molecule has 19 heavy (non-hydrogen) atoms. The van der Waals surface area contributed by atoms with Crippen LogP contribution in [0.25, 0.3) is 0 Å². The van der Waals surface area contributed by atoms with Crippen LogP contribution in [-0.2, 0) is 6.42 Å². The molecule has 0 heterocycles. The van der Waals surface area contributed by atoms with E-state index in [0.717, 1.165) is 5.56 Å². The maximum atomic E-state index is 12.3. The number of rotatable bonds is 4. The average Bonchev–Trinajstić information content (AvgIpc) is 2.47. The molecule has 2 aromatic rings. The third kappa shape index (κ3) is 3.07. The van der Waals surface area contributed by atoms with E-state index < -0.39 is 0 Å². The minimum absolute atomic E-state index is 0.0183. The summed E-state index contributed by atoms with van der Waals surface area (Å²) in [6, 6.07) is 16.8. The second-order valence-electron chi connectivity index (χ2n) is 4.32. The molecule has 0 amide bonds. The molecule has 3 heteroatoms. The van der Waals surface area contributed by atoms with Gasteiger partial charge in [-0.05, 0) is 12.5 Å². The fourth-order valence-electron chi connectivity index (χ4n) is 1.97. The van der Waals surface area contributed by atoms with Gasteiger partial charge in [-0.1, -0.05) is 59.8 Å². The van der Waals surface area contributed by atoms with Gasteiger partial charge in [0.15, 0.2) is 5.78 Å². The van der Waals surface area contributed by atoms with E-state index in [4.69, 9.17) is 5.21 Å². The lowest BCUT2D eigenvalue weighted by atomic mass is 9.96. The fourth-order valence-corrected chi connectivity index (χ4v) is 1.97. The van der Waals surface area contributed by atoms with Gasteiger partial charge in [0.2, 0.25) is 0 Å². The van der Waals surface area contributed by atoms with Crippen molar-refractivity contribution in [2.75, 3.05) is 0 Å². The largest absolute Gasteiger partial charge is 0.411 e. The van der Waals surface area contributed by atoms with Crippen LogP contribution in [0, 0.1) is 0 Å². The first-order valence-electron chi connectivity index (χ1n) is 6.07. The summed E-state index contributed by atoms with van der Waals surface area (Å²) in [5.74, 6) is 0.0183. The Morgan fingerprint density at radius 1 is 1.00 bits per heavy atom. The van der Waals surface area contributed by atoms with Crippen LogP contribution in [-0.4, -0.2) is 16.7 Å². The Kier molecular flexibility index (Phi) is 4.08. The van der Waals surface area contributed by atoms with Crippen LogP contribution in [0.1, 0.15) is 28.4 Å². The molecule has 3 nitrogen and oxygen atoms in total. The van der Waals surface area contributed by atoms with Crippen molar-refractivity contribution in [3.63, 3.8) is 0 Å². The third-order valence-electron chi connectivity index (χ3n) is 2.97. The highest BCUT2D eigenvalue weighted by Crippen LogP contribution is 2.14. The standard InChI is InChI=1S/C16H15NO2/c1-12(17-19)14-9-5-6-10-15(14)16(18)11-13-7-3-2-4-8-13/h2-10,19H,11H2,1H3. The zero-order valence-electron chi connectivity index (χ0n) is 10.7. The van der Waals surface area contributed by atoms with E-state index in [9.17, 15) is 4.79 Å². The van der Waals surface area contributed by atoms with Crippen LogP contribution in [0.15, 0.2) is 59.8 Å². The van der Waals surface area contributed by atoms with Crippen LogP contribution in [0.5, 0.6) is 0 Å². The summed E-state index contributed by atoms with van der Waals surface area (Å²) in [6.45, 7) is 1.68. The zero-order valence-corrected chi connectivity index (χ0v) is 10.7. The van der Waals surface area contributed by atoms with Crippen LogP contribution in [0.4, 0.5) is 0 Å². The van der Waals surface area contributed by atoms with E-state index in [2.05, 4.69) is 5.16 Å². The van der Waals surface area contributed by atoms with Crippen molar-refractivity contribution in [3.8, 4) is 0 Å². The Hall–Kier alpha value is -2.42. The number of oxime groups is 1. The van der Waals surface area contributed by atoms with E-state index in [1.165, 1.54) is 0 Å². The molecule has 0 bridgehead atoms. The van der Waals surface area contributed by atoms with Gasteiger partial charge in [0, 0.05) is 17.5 Å². The van der Waals surface area contributed by atoms with Gasteiger partial charge >= 0.3 is 0 Å². The minimum Gasteiger partial charge on any atom is -0.411 e. The first-order valence-corrected chi connectivity index (χ1v) is 6.07. The third-order valence-corrected chi connectivity index (χ3v) is 2.97. The molecule has 0 unspecified atom stereocenters. The molecule has 0 aliphatic carbocycles. The lowest BCUT2D eigenvalue weighted by Crippen LogP contribution is -2.10. The second kappa shape index (κ2) is 5.96. The van der Waals surface area contributed by atoms with Gasteiger partial charge in [-0.3, -0.25) is 4.79 Å². The summed E-state index contributed by atoms with van der Waals surface area (Å²) in [6.07, 6.45) is 0.344. The molecule has 96 valence electrons. The molecule has 0 radical (unpaired) electrons. The summed E-state index contributed by atoms with van der Waals surface area (Å²) in [4.78, 5) is 12.3. The van der Waals surface area contributed by atoms with Gasteiger partial charge in [0.1, 0.15) is 0 Å². The number of carbonyl (C=O) groups is 1. The quantitative estimate of drug-likeness (QED) is 0.393. The summed E-state index contributed by atoms with van der Waals surface area (Å²) < 4.78 is 0. The molecule has 0 saturated heterocycles. The van der Waals surface area contributed by atoms with E-state index in [1.54, 1.807) is 19.1 Å². The van der Waals surface area contributed by atoms with E-state index in [1.807, 2.05) is 42.5 Å². The Morgan fingerprint density at radius 3 is 2.21 bits per heavy atom. The first-order chi connectivity index (χ1) is 9.22. The van der Waals surface area contributed by atoms with Crippen LogP contribution in [0.3, 0.4) is 0 Å². The molecular weight excluding hydrogens is 238 g/mol. The Labute approximate surface area is 112 Å². The number of carbonyl (C=O) groups excluding carboxylic acids is 1. The Balaban J connectivity index is 2.30. The lowest BCUT2D eigenvalue weighted by molar-refractivity contribution is 0.0993.